The lowest BCUT2D eigenvalue weighted by Crippen LogP contribution is -2.12. The van der Waals surface area contributed by atoms with Gasteiger partial charge in [0.2, 0.25) is 0 Å². The molecule has 0 aliphatic heterocycles. The van der Waals surface area contributed by atoms with Crippen molar-refractivity contribution in [2.45, 2.75) is 13.8 Å². The summed E-state index contributed by atoms with van der Waals surface area (Å²) >= 11 is 1.48. The number of fused-ring (bicyclic) bond motifs is 2. The van der Waals surface area contributed by atoms with Crippen molar-refractivity contribution in [2.75, 3.05) is 5.32 Å². The van der Waals surface area contributed by atoms with Gasteiger partial charge < -0.3 is 4.40 Å². The first-order valence-corrected chi connectivity index (χ1v) is 8.04. The van der Waals surface area contributed by atoms with Gasteiger partial charge in [-0.05, 0) is 43.7 Å². The molecular formula is C17H14N4OS. The predicted octanol–water partition coefficient (Wildman–Crippen LogP) is 3.81. The van der Waals surface area contributed by atoms with E-state index in [4.69, 9.17) is 0 Å². The lowest BCUT2D eigenvalue weighted by atomic mass is 10.2. The van der Waals surface area contributed by atoms with Crippen molar-refractivity contribution in [3.63, 3.8) is 0 Å². The zero-order valence-electron chi connectivity index (χ0n) is 12.7. The van der Waals surface area contributed by atoms with E-state index in [1.54, 1.807) is 12.3 Å². The van der Waals surface area contributed by atoms with Crippen molar-refractivity contribution >= 4 is 38.2 Å². The third-order valence-corrected chi connectivity index (χ3v) is 4.53. The second kappa shape index (κ2) is 5.17. The van der Waals surface area contributed by atoms with E-state index in [2.05, 4.69) is 21.4 Å². The molecule has 0 fully saturated rings. The summed E-state index contributed by atoms with van der Waals surface area (Å²) in [6, 6.07) is 9.67. The van der Waals surface area contributed by atoms with Gasteiger partial charge in [0.25, 0.3) is 5.91 Å². The standard InChI is InChI=1S/C17H14N4OS/c1-10-3-5-13-14(7-10)23-17(19-13)20-16(22)12-4-6-15-18-11(2)8-21(15)9-12/h3-9H,1-2H3,(H,19,20,22). The molecule has 0 atom stereocenters. The number of aromatic nitrogens is 3. The summed E-state index contributed by atoms with van der Waals surface area (Å²) in [5.41, 5.74) is 4.40. The number of nitrogens with one attached hydrogen (secondary N) is 1. The lowest BCUT2D eigenvalue weighted by Gasteiger charge is -2.02. The van der Waals surface area contributed by atoms with Crippen LogP contribution in [0.4, 0.5) is 5.13 Å². The van der Waals surface area contributed by atoms with Gasteiger partial charge in [0.05, 0.1) is 21.5 Å². The number of hydrogen-bond donors (Lipinski definition) is 1. The Labute approximate surface area is 136 Å². The Bertz CT molecular complexity index is 1050. The van der Waals surface area contributed by atoms with E-state index in [0.29, 0.717) is 10.7 Å². The van der Waals surface area contributed by atoms with Crippen molar-refractivity contribution in [2.24, 2.45) is 0 Å². The molecule has 0 aliphatic rings. The fourth-order valence-electron chi connectivity index (χ4n) is 2.51. The highest BCUT2D eigenvalue weighted by atomic mass is 32.1. The number of rotatable bonds is 2. The highest BCUT2D eigenvalue weighted by Gasteiger charge is 2.11. The molecule has 0 radical (unpaired) electrons. The van der Waals surface area contributed by atoms with Gasteiger partial charge in [-0.1, -0.05) is 17.4 Å². The normalized spacial score (nSPS) is 11.2. The molecule has 1 amide bonds. The fraction of sp³-hybridized carbons (Fsp3) is 0.118. The van der Waals surface area contributed by atoms with Crippen LogP contribution in [-0.2, 0) is 0 Å². The van der Waals surface area contributed by atoms with E-state index < -0.39 is 0 Å². The zero-order chi connectivity index (χ0) is 16.0. The number of hydrogen-bond acceptors (Lipinski definition) is 4. The minimum absolute atomic E-state index is 0.172. The molecule has 0 aliphatic carbocycles. The zero-order valence-corrected chi connectivity index (χ0v) is 13.5. The Morgan fingerprint density at radius 3 is 2.87 bits per heavy atom. The van der Waals surface area contributed by atoms with Gasteiger partial charge in [-0.15, -0.1) is 0 Å². The van der Waals surface area contributed by atoms with Crippen LogP contribution in [0.2, 0.25) is 0 Å². The van der Waals surface area contributed by atoms with E-state index in [0.717, 1.165) is 21.6 Å². The lowest BCUT2D eigenvalue weighted by molar-refractivity contribution is 0.102. The van der Waals surface area contributed by atoms with Crippen LogP contribution < -0.4 is 5.32 Å². The summed E-state index contributed by atoms with van der Waals surface area (Å²) < 4.78 is 2.92. The Hall–Kier alpha value is -2.73. The number of nitrogens with zero attached hydrogens (tertiary/aromatic N) is 3. The van der Waals surface area contributed by atoms with Crippen molar-refractivity contribution < 1.29 is 4.79 Å². The second-order valence-corrected chi connectivity index (χ2v) is 6.54. The van der Waals surface area contributed by atoms with Crippen LogP contribution in [0.1, 0.15) is 21.6 Å². The van der Waals surface area contributed by atoms with Crippen LogP contribution in [-0.4, -0.2) is 20.3 Å². The first-order valence-electron chi connectivity index (χ1n) is 7.22. The Kier molecular flexibility index (Phi) is 3.12. The molecule has 23 heavy (non-hydrogen) atoms. The quantitative estimate of drug-likeness (QED) is 0.610. The van der Waals surface area contributed by atoms with E-state index >= 15 is 0 Å². The van der Waals surface area contributed by atoms with Gasteiger partial charge in [-0.2, -0.15) is 0 Å². The smallest absolute Gasteiger partial charge is 0.258 e. The van der Waals surface area contributed by atoms with Crippen molar-refractivity contribution in [3.05, 3.63) is 59.5 Å². The largest absolute Gasteiger partial charge is 0.306 e. The monoisotopic (exact) mass is 322 g/mol. The molecule has 3 aromatic heterocycles. The molecule has 6 heteroatoms. The maximum atomic E-state index is 12.4. The topological polar surface area (TPSA) is 59.3 Å². The van der Waals surface area contributed by atoms with Gasteiger partial charge in [0.15, 0.2) is 5.13 Å². The number of imidazole rings is 1. The molecule has 1 N–H and O–H groups in total. The number of carbonyl (C=O) groups excluding carboxylic acids is 1. The summed E-state index contributed by atoms with van der Waals surface area (Å²) in [7, 11) is 0. The van der Waals surface area contributed by atoms with Gasteiger partial charge in [0, 0.05) is 12.4 Å². The van der Waals surface area contributed by atoms with Gasteiger partial charge >= 0.3 is 0 Å². The van der Waals surface area contributed by atoms with E-state index in [9.17, 15) is 4.79 Å². The summed E-state index contributed by atoms with van der Waals surface area (Å²) in [6.07, 6.45) is 3.68. The molecule has 4 rings (SSSR count). The van der Waals surface area contributed by atoms with Gasteiger partial charge in [0.1, 0.15) is 5.65 Å². The van der Waals surface area contributed by atoms with Crippen molar-refractivity contribution in [3.8, 4) is 0 Å². The predicted molar refractivity (Wildman–Crippen MR) is 92.2 cm³/mol. The molecule has 114 valence electrons. The number of carbonyl (C=O) groups is 1. The molecule has 0 saturated carbocycles. The van der Waals surface area contributed by atoms with Crippen LogP contribution in [0.3, 0.4) is 0 Å². The third kappa shape index (κ3) is 2.57. The number of anilines is 1. The van der Waals surface area contributed by atoms with Crippen LogP contribution in [0, 0.1) is 13.8 Å². The molecule has 5 nitrogen and oxygen atoms in total. The number of benzene rings is 1. The average molecular weight is 322 g/mol. The van der Waals surface area contributed by atoms with E-state index in [-0.39, 0.29) is 5.91 Å². The van der Waals surface area contributed by atoms with Gasteiger partial charge in [-0.25, -0.2) is 9.97 Å². The Morgan fingerprint density at radius 1 is 1.13 bits per heavy atom. The summed E-state index contributed by atoms with van der Waals surface area (Å²) in [4.78, 5) is 21.2. The first-order chi connectivity index (χ1) is 11.1. The number of thiazole rings is 1. The second-order valence-electron chi connectivity index (χ2n) is 5.51. The molecular weight excluding hydrogens is 308 g/mol. The molecule has 4 aromatic rings. The highest BCUT2D eigenvalue weighted by Crippen LogP contribution is 2.27. The van der Waals surface area contributed by atoms with Crippen LogP contribution in [0.5, 0.6) is 0 Å². The minimum Gasteiger partial charge on any atom is -0.306 e. The minimum atomic E-state index is -0.172. The van der Waals surface area contributed by atoms with Gasteiger partial charge in [-0.3, -0.25) is 10.1 Å². The van der Waals surface area contributed by atoms with Crippen LogP contribution in [0.15, 0.2) is 42.7 Å². The summed E-state index contributed by atoms with van der Waals surface area (Å²) in [5.74, 6) is -0.172. The molecule has 1 aromatic carbocycles. The third-order valence-electron chi connectivity index (χ3n) is 3.60. The van der Waals surface area contributed by atoms with Crippen molar-refractivity contribution in [1.82, 2.24) is 14.4 Å². The summed E-state index contributed by atoms with van der Waals surface area (Å²) in [5, 5.41) is 3.48. The SMILES string of the molecule is Cc1ccc2nc(NC(=O)c3ccc4nc(C)cn4c3)sc2c1. The molecule has 0 saturated heterocycles. The maximum absolute atomic E-state index is 12.4. The van der Waals surface area contributed by atoms with E-state index in [1.807, 2.05) is 42.6 Å². The maximum Gasteiger partial charge on any atom is 0.258 e. The highest BCUT2D eigenvalue weighted by molar-refractivity contribution is 7.22. The van der Waals surface area contributed by atoms with Crippen LogP contribution in [0.25, 0.3) is 15.9 Å². The Balaban J connectivity index is 1.64. The van der Waals surface area contributed by atoms with Crippen LogP contribution >= 0.6 is 11.3 Å². The molecule has 0 spiro atoms. The van der Waals surface area contributed by atoms with E-state index in [1.165, 1.54) is 16.9 Å². The number of amides is 1. The molecule has 3 heterocycles. The molecule has 0 unspecified atom stereocenters. The fourth-order valence-corrected chi connectivity index (χ4v) is 3.47. The number of pyridine rings is 1. The number of aryl methyl sites for hydroxylation is 2. The first kappa shape index (κ1) is 13.9. The summed E-state index contributed by atoms with van der Waals surface area (Å²) in [6.45, 7) is 3.97. The average Bonchev–Trinajstić information content (AvgIpc) is 3.07. The Morgan fingerprint density at radius 2 is 2.00 bits per heavy atom. The van der Waals surface area contributed by atoms with Crippen molar-refractivity contribution in [1.29, 1.82) is 0 Å². The molecule has 0 bridgehead atoms.